The van der Waals surface area contributed by atoms with Crippen LogP contribution in [0.3, 0.4) is 0 Å². The van der Waals surface area contributed by atoms with Gasteiger partial charge in [-0.1, -0.05) is 32.9 Å². The van der Waals surface area contributed by atoms with Crippen molar-refractivity contribution < 1.29 is 28.6 Å². The summed E-state index contributed by atoms with van der Waals surface area (Å²) in [6, 6.07) is 2.41. The number of fused-ring (bicyclic) bond motifs is 2. The Hall–Kier alpha value is -2.52. The number of ether oxygens (including phenoxy) is 2. The van der Waals surface area contributed by atoms with Crippen LogP contribution in [0.15, 0.2) is 24.3 Å². The van der Waals surface area contributed by atoms with E-state index in [2.05, 4.69) is 40.4 Å². The van der Waals surface area contributed by atoms with Gasteiger partial charge in [0.05, 0.1) is 24.4 Å². The van der Waals surface area contributed by atoms with Crippen LogP contribution in [0, 0.1) is 0 Å². The summed E-state index contributed by atoms with van der Waals surface area (Å²) in [6.45, 7) is 20.4. The molecule has 1 N–H and O–H groups in total. The third kappa shape index (κ3) is 4.81. The zero-order valence-corrected chi connectivity index (χ0v) is 22.8. The molecular formula is C25H38N2O6Si. The number of benzene rings is 1. The third-order valence-electron chi connectivity index (χ3n) is 6.74. The Morgan fingerprint density at radius 1 is 1.18 bits per heavy atom. The summed E-state index contributed by atoms with van der Waals surface area (Å²) in [5.41, 5.74) is 0.589. The van der Waals surface area contributed by atoms with E-state index in [-0.39, 0.29) is 33.7 Å². The molecule has 1 fully saturated rings. The second-order valence-electron chi connectivity index (χ2n) is 11.6. The van der Waals surface area contributed by atoms with Gasteiger partial charge in [-0.25, -0.2) is 9.69 Å². The summed E-state index contributed by atoms with van der Waals surface area (Å²) >= 11 is 0. The van der Waals surface area contributed by atoms with Crippen LogP contribution in [0.1, 0.15) is 58.3 Å². The molecular weight excluding hydrogens is 452 g/mol. The molecule has 2 atom stereocenters. The number of nitrogens with zero attached hydrogens (tertiary/aromatic N) is 2. The van der Waals surface area contributed by atoms with Crippen LogP contribution in [0.2, 0.25) is 18.1 Å². The van der Waals surface area contributed by atoms with Crippen molar-refractivity contribution in [1.29, 1.82) is 0 Å². The topological polar surface area (TPSA) is 88.5 Å². The number of carbonyl (C=O) groups is 2. The van der Waals surface area contributed by atoms with Gasteiger partial charge in [-0.3, -0.25) is 4.79 Å². The van der Waals surface area contributed by atoms with Crippen molar-refractivity contribution in [2.24, 2.45) is 0 Å². The highest BCUT2D eigenvalue weighted by atomic mass is 28.4. The normalized spacial score (nSPS) is 21.2. The fraction of sp³-hybridized carbons (Fsp3) is 0.600. The first-order chi connectivity index (χ1) is 15.5. The Bertz CT molecular complexity index is 1010. The number of anilines is 1. The van der Waals surface area contributed by atoms with Crippen molar-refractivity contribution >= 4 is 26.0 Å². The van der Waals surface area contributed by atoms with Crippen LogP contribution >= 0.6 is 0 Å². The number of aromatic hydroxyl groups is 1. The van der Waals surface area contributed by atoms with Gasteiger partial charge >= 0.3 is 6.09 Å². The lowest BCUT2D eigenvalue weighted by molar-refractivity contribution is 0.0339. The lowest BCUT2D eigenvalue weighted by Gasteiger charge is -2.44. The fourth-order valence-corrected chi connectivity index (χ4v) is 5.20. The van der Waals surface area contributed by atoms with Gasteiger partial charge in [0.15, 0.2) is 26.0 Å². The van der Waals surface area contributed by atoms with Gasteiger partial charge in [0, 0.05) is 12.6 Å². The molecule has 3 rings (SSSR count). The molecule has 2 aliphatic rings. The van der Waals surface area contributed by atoms with E-state index < -0.39 is 32.3 Å². The van der Waals surface area contributed by atoms with Crippen molar-refractivity contribution in [2.45, 2.75) is 84.0 Å². The highest BCUT2D eigenvalue weighted by Gasteiger charge is 2.51. The van der Waals surface area contributed by atoms with Crippen LogP contribution in [0.5, 0.6) is 11.5 Å². The first kappa shape index (κ1) is 26.1. The summed E-state index contributed by atoms with van der Waals surface area (Å²) < 4.78 is 17.9. The molecule has 0 bridgehead atoms. The van der Waals surface area contributed by atoms with Crippen LogP contribution in [-0.2, 0) is 9.16 Å². The summed E-state index contributed by atoms with van der Waals surface area (Å²) in [5, 5.41) is 10.5. The van der Waals surface area contributed by atoms with Gasteiger partial charge < -0.3 is 23.9 Å². The Kier molecular flexibility index (Phi) is 6.60. The van der Waals surface area contributed by atoms with E-state index >= 15 is 0 Å². The van der Waals surface area contributed by atoms with Gasteiger partial charge in [-0.15, -0.1) is 0 Å². The maximum Gasteiger partial charge on any atom is 0.417 e. The molecule has 2 amide bonds. The average Bonchev–Trinajstić information content (AvgIpc) is 3.03. The molecule has 2 heterocycles. The van der Waals surface area contributed by atoms with Gasteiger partial charge in [0.25, 0.3) is 5.91 Å². The number of phenolic OH excluding ortho intramolecular Hbond substituents is 1. The van der Waals surface area contributed by atoms with Crippen molar-refractivity contribution in [3.05, 3.63) is 29.8 Å². The average molecular weight is 491 g/mol. The number of rotatable bonds is 3. The molecule has 0 radical (unpaired) electrons. The molecule has 1 unspecified atom stereocenters. The van der Waals surface area contributed by atoms with Gasteiger partial charge in [0.2, 0.25) is 0 Å². The number of methoxy groups -OCH3 is 1. The number of phenols is 1. The minimum Gasteiger partial charge on any atom is -0.504 e. The molecule has 2 aliphatic heterocycles. The van der Waals surface area contributed by atoms with E-state index in [1.54, 1.807) is 25.7 Å². The number of hydrogen-bond donors (Lipinski definition) is 1. The van der Waals surface area contributed by atoms with Crippen LogP contribution < -0.4 is 9.64 Å². The minimum absolute atomic E-state index is 0.145. The lowest BCUT2D eigenvalue weighted by atomic mass is 10.1. The van der Waals surface area contributed by atoms with Gasteiger partial charge in [-0.2, -0.15) is 0 Å². The van der Waals surface area contributed by atoms with Gasteiger partial charge in [-0.05, 0) is 51.4 Å². The Balaban J connectivity index is 2.28. The number of hydrogen-bond acceptors (Lipinski definition) is 6. The van der Waals surface area contributed by atoms with Crippen molar-refractivity contribution in [1.82, 2.24) is 4.90 Å². The monoisotopic (exact) mass is 490 g/mol. The zero-order chi connectivity index (χ0) is 25.8. The van der Waals surface area contributed by atoms with Crippen molar-refractivity contribution in [3.8, 4) is 11.5 Å². The van der Waals surface area contributed by atoms with E-state index in [9.17, 15) is 14.7 Å². The fourth-order valence-electron chi connectivity index (χ4n) is 3.98. The molecule has 34 heavy (non-hydrogen) atoms. The van der Waals surface area contributed by atoms with Crippen LogP contribution in [-0.4, -0.2) is 61.8 Å². The summed E-state index contributed by atoms with van der Waals surface area (Å²) in [5.74, 6) is -0.304. The van der Waals surface area contributed by atoms with E-state index in [1.807, 2.05) is 0 Å². The molecule has 9 heteroatoms. The predicted octanol–water partition coefficient (Wildman–Crippen LogP) is 5.27. The second kappa shape index (κ2) is 8.60. The molecule has 0 aliphatic carbocycles. The van der Waals surface area contributed by atoms with Crippen molar-refractivity contribution in [3.63, 3.8) is 0 Å². The van der Waals surface area contributed by atoms with Crippen LogP contribution in [0.4, 0.5) is 10.5 Å². The summed E-state index contributed by atoms with van der Waals surface area (Å²) in [7, 11) is -1.01. The standard InChI is InChI=1S/C25H38N2O6Si/c1-15-11-18-22(33-34(9,10)25(5,6)7)27(23(30)32-24(2,3)4)17-13-19(28)20(31-8)12-16(17)21(29)26(18)14-15/h12-13,18,22,28H,1,11,14H2,2-10H3/t18-,22?/m0/s1. The lowest BCUT2D eigenvalue weighted by Crippen LogP contribution is -2.58. The summed E-state index contributed by atoms with van der Waals surface area (Å²) in [4.78, 5) is 30.5. The summed E-state index contributed by atoms with van der Waals surface area (Å²) in [6.07, 6.45) is -0.955. The zero-order valence-electron chi connectivity index (χ0n) is 21.8. The SMILES string of the molecule is C=C1C[C@H]2C(O[Si](C)(C)C(C)(C)C)N(C(=O)OC(C)(C)C)c3cc(O)c(OC)cc3C(=O)N2C1. The van der Waals surface area contributed by atoms with E-state index in [1.165, 1.54) is 24.1 Å². The smallest absolute Gasteiger partial charge is 0.417 e. The highest BCUT2D eigenvalue weighted by Crippen LogP contribution is 2.45. The largest absolute Gasteiger partial charge is 0.504 e. The Morgan fingerprint density at radius 2 is 1.79 bits per heavy atom. The molecule has 1 aromatic rings. The van der Waals surface area contributed by atoms with E-state index in [0.29, 0.717) is 13.0 Å². The quantitative estimate of drug-likeness (QED) is 0.458. The minimum atomic E-state index is -2.42. The predicted molar refractivity (Wildman–Crippen MR) is 134 cm³/mol. The maximum absolute atomic E-state index is 13.7. The number of amides is 2. The molecule has 1 aromatic carbocycles. The van der Waals surface area contributed by atoms with Crippen LogP contribution in [0.25, 0.3) is 0 Å². The molecule has 0 saturated carbocycles. The van der Waals surface area contributed by atoms with E-state index in [4.69, 9.17) is 13.9 Å². The third-order valence-corrected chi connectivity index (χ3v) is 11.2. The first-order valence-electron chi connectivity index (χ1n) is 11.6. The van der Waals surface area contributed by atoms with Crippen molar-refractivity contribution in [2.75, 3.05) is 18.6 Å². The molecule has 188 valence electrons. The number of carbonyl (C=O) groups excluding carboxylic acids is 2. The Labute approximate surface area is 203 Å². The molecule has 0 spiro atoms. The van der Waals surface area contributed by atoms with Gasteiger partial charge in [0.1, 0.15) is 5.60 Å². The maximum atomic E-state index is 13.7. The molecule has 1 saturated heterocycles. The highest BCUT2D eigenvalue weighted by molar-refractivity contribution is 6.74. The molecule has 8 nitrogen and oxygen atoms in total. The second-order valence-corrected chi connectivity index (χ2v) is 16.4. The first-order valence-corrected chi connectivity index (χ1v) is 14.5. The molecule has 0 aromatic heterocycles. The Morgan fingerprint density at radius 3 is 2.32 bits per heavy atom. The van der Waals surface area contributed by atoms with E-state index in [0.717, 1.165) is 5.57 Å².